The first-order valence-electron chi connectivity index (χ1n) is 8.96. The zero-order valence-corrected chi connectivity index (χ0v) is 16.0. The van der Waals surface area contributed by atoms with E-state index < -0.39 is 24.5 Å². The third-order valence-electron chi connectivity index (χ3n) is 4.82. The van der Waals surface area contributed by atoms with Crippen LogP contribution in [0.2, 0.25) is 0 Å². The first-order chi connectivity index (χ1) is 13.6. The summed E-state index contributed by atoms with van der Waals surface area (Å²) in [4.78, 5) is 12.9. The van der Waals surface area contributed by atoms with Gasteiger partial charge in [-0.1, -0.05) is 0 Å². The van der Waals surface area contributed by atoms with E-state index in [1.165, 1.54) is 12.7 Å². The Kier molecular flexibility index (Phi) is 5.55. The number of hydrogen-bond acceptors (Lipinski definition) is 10. The van der Waals surface area contributed by atoms with E-state index in [4.69, 9.17) is 26.4 Å². The molecule has 11 nitrogen and oxygen atoms in total. The fourth-order valence-corrected chi connectivity index (χ4v) is 3.38. The van der Waals surface area contributed by atoms with E-state index in [2.05, 4.69) is 25.6 Å². The molecule has 2 aliphatic heterocycles. The number of nitrogens with zero attached hydrogens (tertiary/aromatic N) is 4. The molecule has 2 saturated heterocycles. The standard InChI is InChI=1S/C16H22N6O5S/c1-17-16(28)26-5-9-11(23)12(24)15(27-9)22-7-20-10-13(18-6-19-14(10)22)21-8-2-3-25-4-8/h6-9,11-12,15,23-24H,2-5H2,1H3,(H,17,28)(H,18,19,21)/t8-,9?,11?,12?,15?/m1/s1. The molecule has 0 spiro atoms. The third-order valence-corrected chi connectivity index (χ3v) is 5.15. The minimum absolute atomic E-state index is 0.00446. The molecule has 152 valence electrons. The Morgan fingerprint density at radius 3 is 2.96 bits per heavy atom. The van der Waals surface area contributed by atoms with Crippen molar-refractivity contribution in [3.05, 3.63) is 12.7 Å². The van der Waals surface area contributed by atoms with Crippen LogP contribution in [0.15, 0.2) is 12.7 Å². The fraction of sp³-hybridized carbons (Fsp3) is 0.625. The normalized spacial score (nSPS) is 29.9. The predicted octanol–water partition coefficient (Wildman–Crippen LogP) is -0.833. The summed E-state index contributed by atoms with van der Waals surface area (Å²) >= 11 is 4.92. The lowest BCUT2D eigenvalue weighted by molar-refractivity contribution is -0.0490. The minimum Gasteiger partial charge on any atom is -0.468 e. The smallest absolute Gasteiger partial charge is 0.256 e. The van der Waals surface area contributed by atoms with Crippen molar-refractivity contribution in [2.45, 2.75) is 37.0 Å². The lowest BCUT2D eigenvalue weighted by atomic mass is 10.1. The summed E-state index contributed by atoms with van der Waals surface area (Å²) in [6.07, 6.45) is -0.117. The van der Waals surface area contributed by atoms with Crippen molar-refractivity contribution >= 4 is 34.4 Å². The molecule has 4 N–H and O–H groups in total. The van der Waals surface area contributed by atoms with E-state index in [1.54, 1.807) is 11.6 Å². The van der Waals surface area contributed by atoms with Crippen LogP contribution in [-0.2, 0) is 14.2 Å². The van der Waals surface area contributed by atoms with E-state index >= 15 is 0 Å². The fourth-order valence-electron chi connectivity index (χ4n) is 3.31. The van der Waals surface area contributed by atoms with Crippen LogP contribution in [-0.4, -0.2) is 86.1 Å². The number of anilines is 1. The van der Waals surface area contributed by atoms with Gasteiger partial charge in [-0.2, -0.15) is 0 Å². The van der Waals surface area contributed by atoms with Gasteiger partial charge in [0.15, 0.2) is 23.2 Å². The highest BCUT2D eigenvalue weighted by Crippen LogP contribution is 2.32. The second-order valence-electron chi connectivity index (χ2n) is 6.65. The Morgan fingerprint density at radius 2 is 2.21 bits per heavy atom. The number of aromatic nitrogens is 4. The Balaban J connectivity index is 1.54. The van der Waals surface area contributed by atoms with Crippen LogP contribution in [0, 0.1) is 0 Å². The van der Waals surface area contributed by atoms with E-state index in [-0.39, 0.29) is 17.8 Å². The van der Waals surface area contributed by atoms with Gasteiger partial charge in [0.05, 0.1) is 19.0 Å². The van der Waals surface area contributed by atoms with Gasteiger partial charge in [0.1, 0.15) is 31.2 Å². The van der Waals surface area contributed by atoms with Crippen molar-refractivity contribution in [2.24, 2.45) is 0 Å². The van der Waals surface area contributed by atoms with Gasteiger partial charge < -0.3 is 35.1 Å². The number of aliphatic hydroxyl groups excluding tert-OH is 2. The van der Waals surface area contributed by atoms with Crippen molar-refractivity contribution < 1.29 is 24.4 Å². The summed E-state index contributed by atoms with van der Waals surface area (Å²) in [7, 11) is 1.63. The minimum atomic E-state index is -1.18. The van der Waals surface area contributed by atoms with Crippen LogP contribution in [0.1, 0.15) is 12.6 Å². The molecule has 0 amide bonds. The Bertz CT molecular complexity index is 844. The first kappa shape index (κ1) is 19.2. The van der Waals surface area contributed by atoms with Gasteiger partial charge in [-0.05, 0) is 18.6 Å². The quantitative estimate of drug-likeness (QED) is 0.460. The molecule has 5 atom stereocenters. The monoisotopic (exact) mass is 410 g/mol. The van der Waals surface area contributed by atoms with Crippen LogP contribution >= 0.6 is 12.2 Å². The molecule has 4 unspecified atom stereocenters. The summed E-state index contributed by atoms with van der Waals surface area (Å²) in [6.45, 7) is 1.32. The van der Waals surface area contributed by atoms with Gasteiger partial charge >= 0.3 is 0 Å². The van der Waals surface area contributed by atoms with Crippen LogP contribution in [0.5, 0.6) is 0 Å². The predicted molar refractivity (Wildman–Crippen MR) is 102 cm³/mol. The Labute approximate surface area is 166 Å². The van der Waals surface area contributed by atoms with Crippen LogP contribution in [0.4, 0.5) is 5.82 Å². The van der Waals surface area contributed by atoms with E-state index in [1.807, 2.05) is 0 Å². The molecule has 2 aromatic heterocycles. The maximum Gasteiger partial charge on any atom is 0.256 e. The Hall–Kier alpha value is -2.12. The van der Waals surface area contributed by atoms with Crippen molar-refractivity contribution in [2.75, 3.05) is 32.2 Å². The molecule has 4 rings (SSSR count). The first-order valence-corrected chi connectivity index (χ1v) is 9.37. The molecular weight excluding hydrogens is 388 g/mol. The maximum atomic E-state index is 10.5. The molecule has 12 heteroatoms. The van der Waals surface area contributed by atoms with Gasteiger partial charge in [-0.3, -0.25) is 4.57 Å². The van der Waals surface area contributed by atoms with Gasteiger partial charge in [0, 0.05) is 13.7 Å². The molecule has 2 aliphatic rings. The zero-order valence-electron chi connectivity index (χ0n) is 15.2. The zero-order chi connectivity index (χ0) is 19.7. The highest BCUT2D eigenvalue weighted by molar-refractivity contribution is 7.80. The van der Waals surface area contributed by atoms with Crippen molar-refractivity contribution in [3.8, 4) is 0 Å². The summed E-state index contributed by atoms with van der Waals surface area (Å²) in [5.41, 5.74) is 1.04. The SMILES string of the molecule is CNC(=S)OCC1OC(n2cnc3c(N[C@@H]4CCOC4)ncnc32)C(O)C1O. The molecule has 2 fully saturated rings. The van der Waals surface area contributed by atoms with Crippen LogP contribution < -0.4 is 10.6 Å². The van der Waals surface area contributed by atoms with Crippen molar-refractivity contribution in [1.29, 1.82) is 0 Å². The molecule has 0 saturated carbocycles. The highest BCUT2D eigenvalue weighted by atomic mass is 32.1. The summed E-state index contributed by atoms with van der Waals surface area (Å²) < 4.78 is 18.1. The number of ether oxygens (including phenoxy) is 3. The number of aliphatic hydroxyl groups is 2. The molecular formula is C16H22N6O5S. The summed E-state index contributed by atoms with van der Waals surface area (Å²) in [6, 6.07) is 0.163. The largest absolute Gasteiger partial charge is 0.468 e. The summed E-state index contributed by atoms with van der Waals surface area (Å²) in [5, 5.41) is 27.0. The number of imidazole rings is 1. The number of fused-ring (bicyclic) bond motifs is 1. The molecule has 0 aromatic carbocycles. The molecule has 0 aliphatic carbocycles. The van der Waals surface area contributed by atoms with E-state index in [9.17, 15) is 10.2 Å². The van der Waals surface area contributed by atoms with Crippen LogP contribution in [0.3, 0.4) is 0 Å². The van der Waals surface area contributed by atoms with E-state index in [0.717, 1.165) is 6.42 Å². The van der Waals surface area contributed by atoms with E-state index in [0.29, 0.717) is 30.2 Å². The number of rotatable bonds is 5. The second-order valence-corrected chi connectivity index (χ2v) is 7.02. The molecule has 0 bridgehead atoms. The van der Waals surface area contributed by atoms with Crippen LogP contribution in [0.25, 0.3) is 11.2 Å². The van der Waals surface area contributed by atoms with Crippen molar-refractivity contribution in [1.82, 2.24) is 24.8 Å². The van der Waals surface area contributed by atoms with Crippen molar-refractivity contribution in [3.63, 3.8) is 0 Å². The maximum absolute atomic E-state index is 10.5. The third kappa shape index (κ3) is 3.61. The molecule has 2 aromatic rings. The molecule has 0 radical (unpaired) electrons. The number of nitrogens with one attached hydrogen (secondary N) is 2. The van der Waals surface area contributed by atoms with Gasteiger partial charge in [0.2, 0.25) is 0 Å². The lowest BCUT2D eigenvalue weighted by Gasteiger charge is -2.17. The van der Waals surface area contributed by atoms with Gasteiger partial charge in [0.25, 0.3) is 5.17 Å². The highest BCUT2D eigenvalue weighted by Gasteiger charge is 2.44. The second kappa shape index (κ2) is 8.09. The summed E-state index contributed by atoms with van der Waals surface area (Å²) in [5.74, 6) is 0.589. The number of hydrogen-bond donors (Lipinski definition) is 4. The average Bonchev–Trinajstić information content (AvgIpc) is 3.42. The number of thiocarbonyl (C=S) groups is 1. The lowest BCUT2D eigenvalue weighted by Crippen LogP contribution is -2.35. The topological polar surface area (TPSA) is 136 Å². The molecule has 4 heterocycles. The average molecular weight is 410 g/mol. The van der Waals surface area contributed by atoms with Gasteiger partial charge in [-0.15, -0.1) is 0 Å². The Morgan fingerprint density at radius 1 is 1.36 bits per heavy atom. The molecule has 28 heavy (non-hydrogen) atoms. The van der Waals surface area contributed by atoms with Gasteiger partial charge in [-0.25, -0.2) is 15.0 Å².